The zero-order chi connectivity index (χ0) is 12.1. The molecule has 2 nitrogen and oxygen atoms in total. The van der Waals surface area contributed by atoms with Crippen molar-refractivity contribution in [1.82, 2.24) is 0 Å². The van der Waals surface area contributed by atoms with E-state index in [1.165, 1.54) is 6.08 Å². The van der Waals surface area contributed by atoms with E-state index >= 15 is 0 Å². The number of allylic oxidation sites excluding steroid dienone is 1. The van der Waals surface area contributed by atoms with Crippen molar-refractivity contribution < 1.29 is 9.59 Å². The Balaban J connectivity index is 2.09. The molecule has 0 spiro atoms. The normalized spacial score (nSPS) is 10.6. The lowest BCUT2D eigenvalue weighted by atomic mass is 10.1. The molecule has 0 aliphatic heterocycles. The lowest BCUT2D eigenvalue weighted by Crippen LogP contribution is -2.10. The summed E-state index contributed by atoms with van der Waals surface area (Å²) in [5.41, 5.74) is 1.36. The van der Waals surface area contributed by atoms with Gasteiger partial charge in [0, 0.05) is 5.56 Å². The van der Waals surface area contributed by atoms with Crippen LogP contribution in [0, 0.1) is 0 Å². The molecule has 1 aromatic heterocycles. The molecule has 2 rings (SSSR count). The highest BCUT2D eigenvalue weighted by atomic mass is 32.1. The summed E-state index contributed by atoms with van der Waals surface area (Å²) in [4.78, 5) is 23.3. The second-order valence-electron chi connectivity index (χ2n) is 3.45. The Bertz CT molecular complexity index is 539. The van der Waals surface area contributed by atoms with E-state index in [0.29, 0.717) is 5.56 Å². The maximum atomic E-state index is 11.7. The third-order valence-corrected chi connectivity index (χ3v) is 2.93. The van der Waals surface area contributed by atoms with Gasteiger partial charge in [-0.1, -0.05) is 36.4 Å². The molecule has 0 amide bonds. The minimum absolute atomic E-state index is 0.424. The molecule has 84 valence electrons. The number of carbonyl (C=O) groups is 2. The van der Waals surface area contributed by atoms with Crippen LogP contribution >= 0.6 is 11.3 Å². The monoisotopic (exact) mass is 242 g/mol. The molecule has 0 aliphatic rings. The van der Waals surface area contributed by atoms with Gasteiger partial charge >= 0.3 is 0 Å². The summed E-state index contributed by atoms with van der Waals surface area (Å²) in [6, 6.07) is 10.5. The topological polar surface area (TPSA) is 34.1 Å². The molecule has 0 unspecified atom stereocenters. The van der Waals surface area contributed by atoms with E-state index in [1.54, 1.807) is 41.7 Å². The first-order valence-corrected chi connectivity index (χ1v) is 6.05. The molecule has 0 saturated carbocycles. The molecule has 0 atom stereocenters. The van der Waals surface area contributed by atoms with Crippen LogP contribution in [0.15, 0.2) is 53.2 Å². The maximum Gasteiger partial charge on any atom is 0.232 e. The first kappa shape index (κ1) is 11.5. The van der Waals surface area contributed by atoms with E-state index in [0.717, 1.165) is 5.56 Å². The van der Waals surface area contributed by atoms with Gasteiger partial charge in [-0.25, -0.2) is 0 Å². The molecule has 17 heavy (non-hydrogen) atoms. The molecule has 0 N–H and O–H groups in total. The highest BCUT2D eigenvalue weighted by Crippen LogP contribution is 2.08. The predicted octanol–water partition coefficient (Wildman–Crippen LogP) is 3.21. The highest BCUT2D eigenvalue weighted by Gasteiger charge is 2.12. The van der Waals surface area contributed by atoms with E-state index in [2.05, 4.69) is 0 Å². The zero-order valence-corrected chi connectivity index (χ0v) is 9.81. The highest BCUT2D eigenvalue weighted by molar-refractivity contribution is 7.08. The Morgan fingerprint density at radius 1 is 1.06 bits per heavy atom. The number of hydrogen-bond acceptors (Lipinski definition) is 3. The summed E-state index contributed by atoms with van der Waals surface area (Å²) >= 11 is 1.55. The third-order valence-electron chi connectivity index (χ3n) is 2.23. The van der Waals surface area contributed by atoms with Crippen LogP contribution in [0.2, 0.25) is 0 Å². The summed E-state index contributed by atoms with van der Waals surface area (Å²) in [6.45, 7) is 0. The third kappa shape index (κ3) is 2.98. The van der Waals surface area contributed by atoms with Gasteiger partial charge in [0.25, 0.3) is 0 Å². The van der Waals surface area contributed by atoms with Gasteiger partial charge < -0.3 is 0 Å². The van der Waals surface area contributed by atoms with Crippen molar-refractivity contribution in [3.8, 4) is 0 Å². The smallest absolute Gasteiger partial charge is 0.232 e. The molecule has 0 fully saturated rings. The van der Waals surface area contributed by atoms with E-state index in [9.17, 15) is 9.59 Å². The van der Waals surface area contributed by atoms with Crippen LogP contribution in [0.4, 0.5) is 0 Å². The summed E-state index contributed by atoms with van der Waals surface area (Å²) in [6.07, 6.45) is 2.97. The SMILES string of the molecule is O=C(/C=C/c1ccsc1)C(=O)c1ccccc1. The Morgan fingerprint density at radius 3 is 2.47 bits per heavy atom. The van der Waals surface area contributed by atoms with Crippen LogP contribution < -0.4 is 0 Å². The first-order valence-electron chi connectivity index (χ1n) is 5.11. The van der Waals surface area contributed by atoms with Crippen LogP contribution in [-0.2, 0) is 4.79 Å². The number of ketones is 2. The van der Waals surface area contributed by atoms with Gasteiger partial charge in [0.15, 0.2) is 0 Å². The van der Waals surface area contributed by atoms with Gasteiger partial charge in [-0.2, -0.15) is 11.3 Å². The molecular formula is C14H10O2S. The lowest BCUT2D eigenvalue weighted by molar-refractivity contribution is -0.110. The van der Waals surface area contributed by atoms with Gasteiger partial charge in [-0.3, -0.25) is 9.59 Å². The van der Waals surface area contributed by atoms with Gasteiger partial charge in [0.2, 0.25) is 11.6 Å². The molecule has 0 saturated heterocycles. The van der Waals surface area contributed by atoms with Crippen molar-refractivity contribution in [2.45, 2.75) is 0 Å². The number of rotatable bonds is 4. The fourth-order valence-electron chi connectivity index (χ4n) is 1.35. The standard InChI is InChI=1S/C14H10O2S/c15-13(7-6-11-8-9-17-10-11)14(16)12-4-2-1-3-5-12/h1-10H/b7-6+. The second-order valence-corrected chi connectivity index (χ2v) is 4.23. The lowest BCUT2D eigenvalue weighted by Gasteiger charge is -1.95. The van der Waals surface area contributed by atoms with Crippen molar-refractivity contribution in [3.05, 3.63) is 64.4 Å². The second kappa shape index (κ2) is 5.37. The Kier molecular flexibility index (Phi) is 3.62. The van der Waals surface area contributed by atoms with E-state index in [4.69, 9.17) is 0 Å². The first-order chi connectivity index (χ1) is 8.27. The van der Waals surface area contributed by atoms with Gasteiger partial charge in [-0.05, 0) is 28.5 Å². The van der Waals surface area contributed by atoms with Crippen LogP contribution in [0.5, 0.6) is 0 Å². The molecule has 0 radical (unpaired) electrons. The molecular weight excluding hydrogens is 232 g/mol. The molecule has 3 heteroatoms. The van der Waals surface area contributed by atoms with Crippen molar-refractivity contribution in [1.29, 1.82) is 0 Å². The Morgan fingerprint density at radius 2 is 1.82 bits per heavy atom. The van der Waals surface area contributed by atoms with Gasteiger partial charge in [-0.15, -0.1) is 0 Å². The maximum absolute atomic E-state index is 11.7. The van der Waals surface area contributed by atoms with Crippen molar-refractivity contribution in [2.75, 3.05) is 0 Å². The fraction of sp³-hybridized carbons (Fsp3) is 0. The average molecular weight is 242 g/mol. The largest absolute Gasteiger partial charge is 0.286 e. The number of hydrogen-bond donors (Lipinski definition) is 0. The molecule has 0 bridgehead atoms. The number of carbonyl (C=O) groups excluding carboxylic acids is 2. The van der Waals surface area contributed by atoms with Crippen molar-refractivity contribution in [3.63, 3.8) is 0 Å². The molecule has 1 heterocycles. The number of Topliss-reactive ketones (excluding diaryl/α,β-unsaturated/α-hetero) is 1. The molecule has 1 aromatic carbocycles. The molecule has 2 aromatic rings. The predicted molar refractivity (Wildman–Crippen MR) is 69.1 cm³/mol. The summed E-state index contributed by atoms with van der Waals surface area (Å²) < 4.78 is 0. The van der Waals surface area contributed by atoms with Crippen LogP contribution in [-0.4, -0.2) is 11.6 Å². The Hall–Kier alpha value is -2.00. The minimum atomic E-state index is -0.498. The minimum Gasteiger partial charge on any atom is -0.286 e. The zero-order valence-electron chi connectivity index (χ0n) is 9.00. The van der Waals surface area contributed by atoms with Crippen molar-refractivity contribution >= 4 is 29.0 Å². The van der Waals surface area contributed by atoms with Crippen molar-refractivity contribution in [2.24, 2.45) is 0 Å². The summed E-state index contributed by atoms with van der Waals surface area (Å²) in [5, 5.41) is 3.83. The number of benzene rings is 1. The summed E-state index contributed by atoms with van der Waals surface area (Å²) in [5.74, 6) is -0.973. The fourth-order valence-corrected chi connectivity index (χ4v) is 1.98. The molecule has 0 aliphatic carbocycles. The van der Waals surface area contributed by atoms with E-state index in [1.807, 2.05) is 22.9 Å². The van der Waals surface area contributed by atoms with E-state index in [-0.39, 0.29) is 0 Å². The van der Waals surface area contributed by atoms with Gasteiger partial charge in [0.05, 0.1) is 0 Å². The van der Waals surface area contributed by atoms with Crippen LogP contribution in [0.25, 0.3) is 6.08 Å². The van der Waals surface area contributed by atoms with Crippen LogP contribution in [0.1, 0.15) is 15.9 Å². The van der Waals surface area contributed by atoms with Gasteiger partial charge in [0.1, 0.15) is 0 Å². The average Bonchev–Trinajstić information content (AvgIpc) is 2.89. The Labute approximate surface area is 103 Å². The quantitative estimate of drug-likeness (QED) is 0.468. The number of thiophene rings is 1. The van der Waals surface area contributed by atoms with E-state index < -0.39 is 11.6 Å². The summed E-state index contributed by atoms with van der Waals surface area (Å²) in [7, 11) is 0. The van der Waals surface area contributed by atoms with Crippen LogP contribution in [0.3, 0.4) is 0 Å².